The Hall–Kier alpha value is -2.50. The molecule has 0 aliphatic rings. The highest BCUT2D eigenvalue weighted by atomic mass is 16.5. The fourth-order valence-corrected chi connectivity index (χ4v) is 1.38. The summed E-state index contributed by atoms with van der Waals surface area (Å²) in [7, 11) is 1.60. The molecule has 1 aromatic carbocycles. The number of ether oxygens (including phenoxy) is 1. The highest BCUT2D eigenvalue weighted by Crippen LogP contribution is 2.29. The van der Waals surface area contributed by atoms with Crippen molar-refractivity contribution < 1.29 is 4.74 Å². The van der Waals surface area contributed by atoms with Gasteiger partial charge in [0.2, 0.25) is 0 Å². The number of hydrogen-bond donors (Lipinski definition) is 3. The van der Waals surface area contributed by atoms with Gasteiger partial charge in [0.25, 0.3) is 0 Å². The van der Waals surface area contributed by atoms with Crippen LogP contribution < -0.4 is 21.5 Å². The van der Waals surface area contributed by atoms with E-state index in [2.05, 4.69) is 15.3 Å². The number of para-hydroxylation sites is 2. The maximum absolute atomic E-state index is 5.77. The normalized spacial score (nSPS) is 9.94. The summed E-state index contributed by atoms with van der Waals surface area (Å²) in [4.78, 5) is 7.82. The topological polar surface area (TPSA) is 99.1 Å². The second-order valence-electron chi connectivity index (χ2n) is 3.35. The van der Waals surface area contributed by atoms with Crippen LogP contribution in [-0.2, 0) is 0 Å². The van der Waals surface area contributed by atoms with E-state index in [1.165, 1.54) is 6.33 Å². The number of nitrogens with zero attached hydrogens (tertiary/aromatic N) is 2. The van der Waals surface area contributed by atoms with Gasteiger partial charge in [-0.1, -0.05) is 12.1 Å². The van der Waals surface area contributed by atoms with Crippen molar-refractivity contribution in [2.75, 3.05) is 23.9 Å². The average molecular weight is 231 g/mol. The molecule has 88 valence electrons. The van der Waals surface area contributed by atoms with E-state index in [1.807, 2.05) is 24.3 Å². The lowest BCUT2D eigenvalue weighted by molar-refractivity contribution is 0.417. The molecule has 0 unspecified atom stereocenters. The Kier molecular flexibility index (Phi) is 2.95. The maximum Gasteiger partial charge on any atom is 0.159 e. The molecule has 17 heavy (non-hydrogen) atoms. The van der Waals surface area contributed by atoms with E-state index in [1.54, 1.807) is 7.11 Å². The van der Waals surface area contributed by atoms with Crippen molar-refractivity contribution in [2.45, 2.75) is 0 Å². The fraction of sp³-hybridized carbons (Fsp3) is 0.0909. The molecule has 0 saturated heterocycles. The lowest BCUT2D eigenvalue weighted by Crippen LogP contribution is -2.05. The van der Waals surface area contributed by atoms with Crippen LogP contribution in [0.5, 0.6) is 5.75 Å². The van der Waals surface area contributed by atoms with E-state index in [0.717, 1.165) is 5.69 Å². The van der Waals surface area contributed by atoms with Crippen LogP contribution in [0, 0.1) is 0 Å². The first kappa shape index (κ1) is 11.0. The first-order chi connectivity index (χ1) is 8.22. The Morgan fingerprint density at radius 3 is 2.71 bits per heavy atom. The number of nitrogens with one attached hydrogen (secondary N) is 1. The highest BCUT2D eigenvalue weighted by molar-refractivity contribution is 5.77. The Labute approximate surface area is 98.6 Å². The third-order valence-electron chi connectivity index (χ3n) is 2.27. The highest BCUT2D eigenvalue weighted by Gasteiger charge is 2.07. The number of rotatable bonds is 3. The smallest absolute Gasteiger partial charge is 0.159 e. The molecular weight excluding hydrogens is 218 g/mol. The molecule has 0 spiro atoms. The number of benzene rings is 1. The van der Waals surface area contributed by atoms with Gasteiger partial charge in [-0.2, -0.15) is 0 Å². The number of anilines is 4. The molecular formula is C11H13N5O. The lowest BCUT2D eigenvalue weighted by Gasteiger charge is -2.11. The molecule has 0 radical (unpaired) electrons. The minimum atomic E-state index is 0.248. The predicted octanol–water partition coefficient (Wildman–Crippen LogP) is 1.39. The van der Waals surface area contributed by atoms with Gasteiger partial charge in [-0.05, 0) is 12.1 Å². The monoisotopic (exact) mass is 231 g/mol. The van der Waals surface area contributed by atoms with Gasteiger partial charge in [0.1, 0.15) is 17.8 Å². The van der Waals surface area contributed by atoms with Gasteiger partial charge >= 0.3 is 0 Å². The molecule has 6 heteroatoms. The molecule has 1 heterocycles. The molecule has 5 N–H and O–H groups in total. The average Bonchev–Trinajstić information content (AvgIpc) is 2.35. The van der Waals surface area contributed by atoms with Crippen molar-refractivity contribution in [3.8, 4) is 5.75 Å². The van der Waals surface area contributed by atoms with Gasteiger partial charge in [0.05, 0.1) is 12.8 Å². The van der Waals surface area contributed by atoms with Crippen LogP contribution >= 0.6 is 0 Å². The zero-order chi connectivity index (χ0) is 12.3. The molecule has 0 amide bonds. The number of hydrogen-bond acceptors (Lipinski definition) is 6. The number of aromatic nitrogens is 2. The minimum absolute atomic E-state index is 0.248. The van der Waals surface area contributed by atoms with Crippen LogP contribution in [0.3, 0.4) is 0 Å². The van der Waals surface area contributed by atoms with Crippen LogP contribution in [0.4, 0.5) is 23.0 Å². The van der Waals surface area contributed by atoms with Crippen LogP contribution in [0.2, 0.25) is 0 Å². The number of nitrogens with two attached hydrogens (primary N) is 2. The second kappa shape index (κ2) is 4.56. The van der Waals surface area contributed by atoms with Crippen molar-refractivity contribution >= 4 is 23.0 Å². The standard InChI is InChI=1S/C11H13N5O/c1-17-8-5-3-2-4-7(8)16-11-9(12)10(13)14-6-15-11/h2-6H,12H2,1H3,(H3,13,14,15,16). The number of methoxy groups -OCH3 is 1. The molecule has 0 fully saturated rings. The summed E-state index contributed by atoms with van der Waals surface area (Å²) in [6, 6.07) is 7.45. The first-order valence-corrected chi connectivity index (χ1v) is 4.98. The molecule has 0 aliphatic carbocycles. The third-order valence-corrected chi connectivity index (χ3v) is 2.27. The molecule has 0 aliphatic heterocycles. The lowest BCUT2D eigenvalue weighted by atomic mass is 10.3. The SMILES string of the molecule is COc1ccccc1Nc1ncnc(N)c1N. The summed E-state index contributed by atoms with van der Waals surface area (Å²) in [6.07, 6.45) is 1.35. The van der Waals surface area contributed by atoms with E-state index in [0.29, 0.717) is 17.3 Å². The van der Waals surface area contributed by atoms with Gasteiger partial charge < -0.3 is 21.5 Å². The van der Waals surface area contributed by atoms with Gasteiger partial charge in [-0.25, -0.2) is 9.97 Å². The van der Waals surface area contributed by atoms with E-state index in [4.69, 9.17) is 16.2 Å². The zero-order valence-corrected chi connectivity index (χ0v) is 9.34. The molecule has 1 aromatic heterocycles. The largest absolute Gasteiger partial charge is 0.495 e. The maximum atomic E-state index is 5.77. The van der Waals surface area contributed by atoms with E-state index >= 15 is 0 Å². The summed E-state index contributed by atoms with van der Waals surface area (Å²) in [5.74, 6) is 1.41. The fourth-order valence-electron chi connectivity index (χ4n) is 1.38. The summed E-state index contributed by atoms with van der Waals surface area (Å²) in [6.45, 7) is 0. The molecule has 0 saturated carbocycles. The molecule has 6 nitrogen and oxygen atoms in total. The van der Waals surface area contributed by atoms with Gasteiger partial charge in [0, 0.05) is 0 Å². The summed E-state index contributed by atoms with van der Waals surface area (Å²) in [5.41, 5.74) is 12.4. The van der Waals surface area contributed by atoms with Crippen molar-refractivity contribution in [3.63, 3.8) is 0 Å². The Bertz CT molecular complexity index is 529. The van der Waals surface area contributed by atoms with Crippen molar-refractivity contribution in [1.29, 1.82) is 0 Å². The molecule has 0 atom stereocenters. The van der Waals surface area contributed by atoms with Gasteiger partial charge in [0.15, 0.2) is 11.6 Å². The van der Waals surface area contributed by atoms with Crippen LogP contribution in [0.15, 0.2) is 30.6 Å². The van der Waals surface area contributed by atoms with Crippen LogP contribution in [-0.4, -0.2) is 17.1 Å². The van der Waals surface area contributed by atoms with Crippen LogP contribution in [0.25, 0.3) is 0 Å². The first-order valence-electron chi connectivity index (χ1n) is 4.98. The van der Waals surface area contributed by atoms with E-state index in [-0.39, 0.29) is 5.82 Å². The Morgan fingerprint density at radius 1 is 1.18 bits per heavy atom. The summed E-state index contributed by atoms with van der Waals surface area (Å²) in [5, 5.41) is 3.05. The second-order valence-corrected chi connectivity index (χ2v) is 3.35. The van der Waals surface area contributed by atoms with E-state index in [9.17, 15) is 0 Å². The quantitative estimate of drug-likeness (QED) is 0.738. The van der Waals surface area contributed by atoms with Crippen molar-refractivity contribution in [1.82, 2.24) is 9.97 Å². The van der Waals surface area contributed by atoms with Crippen molar-refractivity contribution in [2.24, 2.45) is 0 Å². The summed E-state index contributed by atoms with van der Waals surface area (Å²) >= 11 is 0. The summed E-state index contributed by atoms with van der Waals surface area (Å²) < 4.78 is 5.21. The van der Waals surface area contributed by atoms with Gasteiger partial charge in [-0.3, -0.25) is 0 Å². The van der Waals surface area contributed by atoms with Crippen LogP contribution in [0.1, 0.15) is 0 Å². The Balaban J connectivity index is 2.35. The minimum Gasteiger partial charge on any atom is -0.495 e. The Morgan fingerprint density at radius 2 is 1.94 bits per heavy atom. The zero-order valence-electron chi connectivity index (χ0n) is 9.34. The van der Waals surface area contributed by atoms with E-state index < -0.39 is 0 Å². The predicted molar refractivity (Wildman–Crippen MR) is 67.1 cm³/mol. The third kappa shape index (κ3) is 2.20. The van der Waals surface area contributed by atoms with Gasteiger partial charge in [-0.15, -0.1) is 0 Å². The van der Waals surface area contributed by atoms with Crippen molar-refractivity contribution in [3.05, 3.63) is 30.6 Å². The number of nitrogen functional groups attached to an aromatic ring is 2. The molecule has 0 bridgehead atoms. The molecule has 2 aromatic rings. The molecule has 2 rings (SSSR count).